The van der Waals surface area contributed by atoms with E-state index in [9.17, 15) is 8.42 Å². The fraction of sp³-hybridized carbons (Fsp3) is 0.0625. The third kappa shape index (κ3) is 2.81. The quantitative estimate of drug-likeness (QED) is 0.799. The number of nitrogens with two attached hydrogens (primary N) is 1. The molecular formula is C16H13N2O2S2. The van der Waals surface area contributed by atoms with Crippen LogP contribution in [0.2, 0.25) is 0 Å². The maximum absolute atomic E-state index is 12.7. The Morgan fingerprint density at radius 3 is 2.59 bits per heavy atom. The van der Waals surface area contributed by atoms with Gasteiger partial charge in [0.1, 0.15) is 9.22 Å². The number of hydrogen-bond donors (Lipinski definition) is 1. The minimum atomic E-state index is -3.59. The first kappa shape index (κ1) is 14.9. The molecule has 0 amide bonds. The average molecular weight is 329 g/mol. The fourth-order valence-corrected chi connectivity index (χ4v) is 4.50. The van der Waals surface area contributed by atoms with Crippen LogP contribution in [0.15, 0.2) is 63.8 Å². The smallest absolute Gasteiger partial charge is 0.217 e. The molecular weight excluding hydrogens is 316 g/mol. The summed E-state index contributed by atoms with van der Waals surface area (Å²) in [5.74, 6) is 0. The molecule has 0 saturated carbocycles. The molecule has 2 N–H and O–H groups in total. The molecule has 0 unspecified atom stereocenters. The highest BCUT2D eigenvalue weighted by Crippen LogP contribution is 2.28. The summed E-state index contributed by atoms with van der Waals surface area (Å²) >= 11 is 1.10. The van der Waals surface area contributed by atoms with Crippen LogP contribution in [0.25, 0.3) is 11.1 Å². The predicted molar refractivity (Wildman–Crippen MR) is 86.2 cm³/mol. The van der Waals surface area contributed by atoms with E-state index in [1.54, 1.807) is 12.1 Å². The van der Waals surface area contributed by atoms with Gasteiger partial charge in [-0.15, -0.1) is 11.3 Å². The Morgan fingerprint density at radius 2 is 1.91 bits per heavy atom. The summed E-state index contributed by atoms with van der Waals surface area (Å²) in [7, 11) is -3.59. The highest BCUT2D eigenvalue weighted by molar-refractivity contribution is 7.93. The van der Waals surface area contributed by atoms with Gasteiger partial charge in [0.25, 0.3) is 0 Å². The zero-order valence-corrected chi connectivity index (χ0v) is 13.2. The lowest BCUT2D eigenvalue weighted by Crippen LogP contribution is -2.00. The number of thiazole rings is 1. The molecule has 0 atom stereocenters. The van der Waals surface area contributed by atoms with Crippen molar-refractivity contribution < 1.29 is 8.42 Å². The van der Waals surface area contributed by atoms with E-state index in [0.29, 0.717) is 5.01 Å². The molecule has 2 aromatic carbocycles. The topological polar surface area (TPSA) is 73.0 Å². The number of aromatic nitrogens is 1. The molecule has 1 radical (unpaired) electrons. The molecule has 4 nitrogen and oxygen atoms in total. The summed E-state index contributed by atoms with van der Waals surface area (Å²) in [6.07, 6.45) is 1.36. The maximum Gasteiger partial charge on any atom is 0.217 e. The van der Waals surface area contributed by atoms with Crippen molar-refractivity contribution in [2.24, 2.45) is 5.73 Å². The third-order valence-electron chi connectivity index (χ3n) is 3.15. The van der Waals surface area contributed by atoms with Crippen LogP contribution >= 0.6 is 11.3 Å². The maximum atomic E-state index is 12.7. The zero-order chi connectivity index (χ0) is 15.6. The molecule has 3 rings (SSSR count). The largest absolute Gasteiger partial charge is 0.325 e. The first-order chi connectivity index (χ1) is 10.6. The van der Waals surface area contributed by atoms with E-state index in [1.807, 2.05) is 30.3 Å². The monoisotopic (exact) mass is 329 g/mol. The Kier molecular flexibility index (Phi) is 4.06. The number of rotatable bonds is 4. The van der Waals surface area contributed by atoms with Crippen LogP contribution in [0, 0.1) is 6.07 Å². The molecule has 0 bridgehead atoms. The Balaban J connectivity index is 2.05. The summed E-state index contributed by atoms with van der Waals surface area (Å²) in [5.41, 5.74) is 7.25. The zero-order valence-electron chi connectivity index (χ0n) is 11.6. The van der Waals surface area contributed by atoms with Gasteiger partial charge >= 0.3 is 0 Å². The van der Waals surface area contributed by atoms with Crippen LogP contribution < -0.4 is 5.73 Å². The van der Waals surface area contributed by atoms with Crippen molar-refractivity contribution in [2.75, 3.05) is 0 Å². The lowest BCUT2D eigenvalue weighted by atomic mass is 10.1. The van der Waals surface area contributed by atoms with Crippen molar-refractivity contribution in [1.29, 1.82) is 0 Å². The molecule has 6 heteroatoms. The first-order valence-electron chi connectivity index (χ1n) is 6.57. The standard InChI is InChI=1S/C16H13N2O2S2/c17-10-15-18-11-16(21-15)22(19,20)14-8-4-7-13(9-14)12-5-2-1-3-6-12/h1-3,5-9,11H,10,17H2. The second kappa shape index (κ2) is 6.00. The Morgan fingerprint density at radius 1 is 1.14 bits per heavy atom. The number of nitrogens with zero attached hydrogens (tertiary/aromatic N) is 1. The van der Waals surface area contributed by atoms with Crippen LogP contribution in [0.5, 0.6) is 0 Å². The summed E-state index contributed by atoms with van der Waals surface area (Å²) in [5, 5.41) is 0.599. The Hall–Kier alpha value is -2.02. The van der Waals surface area contributed by atoms with Gasteiger partial charge in [0.2, 0.25) is 9.84 Å². The third-order valence-corrected chi connectivity index (χ3v) is 6.37. The Labute approximate surface area is 133 Å². The van der Waals surface area contributed by atoms with Gasteiger partial charge in [0, 0.05) is 6.54 Å². The molecule has 0 aliphatic rings. The normalized spacial score (nSPS) is 11.5. The molecule has 0 fully saturated rings. The van der Waals surface area contributed by atoms with Crippen molar-refractivity contribution in [3.63, 3.8) is 0 Å². The first-order valence-corrected chi connectivity index (χ1v) is 8.87. The molecule has 0 aliphatic heterocycles. The predicted octanol–water partition coefficient (Wildman–Crippen LogP) is 2.90. The van der Waals surface area contributed by atoms with Crippen LogP contribution in [0.1, 0.15) is 5.01 Å². The fourth-order valence-electron chi connectivity index (χ4n) is 2.03. The van der Waals surface area contributed by atoms with Crippen molar-refractivity contribution in [3.05, 3.63) is 65.8 Å². The van der Waals surface area contributed by atoms with Gasteiger partial charge in [-0.1, -0.05) is 30.3 Å². The molecule has 0 aliphatic carbocycles. The van der Waals surface area contributed by atoms with Gasteiger partial charge in [-0.3, -0.25) is 0 Å². The lowest BCUT2D eigenvalue weighted by Gasteiger charge is -2.05. The average Bonchev–Trinajstić information content (AvgIpc) is 3.06. The summed E-state index contributed by atoms with van der Waals surface area (Å²) in [4.78, 5) is 4.22. The Bertz CT molecular complexity index is 887. The number of benzene rings is 2. The second-order valence-corrected chi connectivity index (χ2v) is 7.90. The van der Waals surface area contributed by atoms with Crippen LogP contribution in [-0.2, 0) is 16.4 Å². The van der Waals surface area contributed by atoms with Crippen molar-refractivity contribution in [2.45, 2.75) is 15.6 Å². The molecule has 1 aromatic heterocycles. The van der Waals surface area contributed by atoms with E-state index >= 15 is 0 Å². The van der Waals surface area contributed by atoms with Gasteiger partial charge < -0.3 is 5.73 Å². The SMILES string of the molecule is NCc1ncc(S(=O)(=O)c2c[c]cc(-c3ccccc3)c2)s1. The van der Waals surface area contributed by atoms with E-state index in [-0.39, 0.29) is 15.6 Å². The van der Waals surface area contributed by atoms with E-state index < -0.39 is 9.84 Å². The molecule has 111 valence electrons. The molecule has 3 aromatic rings. The minimum Gasteiger partial charge on any atom is -0.325 e. The van der Waals surface area contributed by atoms with E-state index in [2.05, 4.69) is 11.1 Å². The molecule has 0 spiro atoms. The van der Waals surface area contributed by atoms with Gasteiger partial charge in [-0.2, -0.15) is 0 Å². The summed E-state index contributed by atoms with van der Waals surface area (Å²) < 4.78 is 25.5. The van der Waals surface area contributed by atoms with E-state index in [1.165, 1.54) is 12.3 Å². The van der Waals surface area contributed by atoms with E-state index in [0.717, 1.165) is 22.5 Å². The summed E-state index contributed by atoms with van der Waals surface area (Å²) in [6.45, 7) is 0.233. The van der Waals surface area contributed by atoms with Crippen LogP contribution in [0.3, 0.4) is 0 Å². The minimum absolute atomic E-state index is 0.201. The van der Waals surface area contributed by atoms with Crippen molar-refractivity contribution in [3.8, 4) is 11.1 Å². The van der Waals surface area contributed by atoms with Gasteiger partial charge in [-0.25, -0.2) is 13.4 Å². The molecule has 22 heavy (non-hydrogen) atoms. The molecule has 0 saturated heterocycles. The number of hydrogen-bond acceptors (Lipinski definition) is 5. The van der Waals surface area contributed by atoms with Crippen molar-refractivity contribution in [1.82, 2.24) is 4.98 Å². The summed E-state index contributed by atoms with van der Waals surface area (Å²) in [6, 6.07) is 17.4. The second-order valence-electron chi connectivity index (χ2n) is 4.60. The lowest BCUT2D eigenvalue weighted by molar-refractivity contribution is 0.598. The van der Waals surface area contributed by atoms with E-state index in [4.69, 9.17) is 5.73 Å². The number of sulfone groups is 1. The van der Waals surface area contributed by atoms with Gasteiger partial charge in [0.15, 0.2) is 0 Å². The molecule has 1 heterocycles. The highest BCUT2D eigenvalue weighted by Gasteiger charge is 2.21. The van der Waals surface area contributed by atoms with Gasteiger partial charge in [0.05, 0.1) is 11.1 Å². The van der Waals surface area contributed by atoms with Gasteiger partial charge in [-0.05, 0) is 35.4 Å². The van der Waals surface area contributed by atoms with Crippen LogP contribution in [-0.4, -0.2) is 13.4 Å². The van der Waals surface area contributed by atoms with Crippen molar-refractivity contribution >= 4 is 21.2 Å². The highest BCUT2D eigenvalue weighted by atomic mass is 32.2. The van der Waals surface area contributed by atoms with Crippen LogP contribution in [0.4, 0.5) is 0 Å².